The summed E-state index contributed by atoms with van der Waals surface area (Å²) in [5.41, 5.74) is -0.0164. The van der Waals surface area contributed by atoms with E-state index in [-0.39, 0.29) is 17.5 Å². The van der Waals surface area contributed by atoms with E-state index >= 15 is 0 Å². The molecule has 0 spiro atoms. The van der Waals surface area contributed by atoms with Crippen LogP contribution < -0.4 is 10.0 Å². The number of hydrogen-bond acceptors (Lipinski definition) is 7. The number of hydrogen-bond donors (Lipinski definition) is 2. The van der Waals surface area contributed by atoms with Crippen molar-refractivity contribution >= 4 is 38.2 Å². The van der Waals surface area contributed by atoms with Crippen molar-refractivity contribution in [3.05, 3.63) is 34.4 Å². The monoisotopic (exact) mass is 414 g/mol. The maximum atomic E-state index is 12.3. The van der Waals surface area contributed by atoms with Gasteiger partial charge in [0, 0.05) is 5.54 Å². The molecule has 27 heavy (non-hydrogen) atoms. The summed E-state index contributed by atoms with van der Waals surface area (Å²) in [5.74, 6) is -1.24. The molecule has 8 nitrogen and oxygen atoms in total. The fourth-order valence-electron chi connectivity index (χ4n) is 2.16. The van der Waals surface area contributed by atoms with Gasteiger partial charge >= 0.3 is 5.97 Å². The Bertz CT molecular complexity index is 950. The number of furan rings is 1. The van der Waals surface area contributed by atoms with Crippen LogP contribution in [0.2, 0.25) is 0 Å². The van der Waals surface area contributed by atoms with E-state index in [1.165, 1.54) is 12.1 Å². The van der Waals surface area contributed by atoms with E-state index in [4.69, 9.17) is 9.15 Å². The normalized spacial score (nSPS) is 12.0. The van der Waals surface area contributed by atoms with Crippen molar-refractivity contribution < 1.29 is 27.2 Å². The second kappa shape index (κ2) is 7.83. The van der Waals surface area contributed by atoms with Gasteiger partial charge in [-0.25, -0.2) is 17.9 Å². The Hall–Kier alpha value is -2.17. The molecule has 0 unspecified atom stereocenters. The highest BCUT2D eigenvalue weighted by Gasteiger charge is 2.26. The number of aryl methyl sites for hydroxylation is 1. The molecule has 0 aliphatic carbocycles. The average molecular weight is 415 g/mol. The molecular weight excluding hydrogens is 392 g/mol. The molecule has 2 aromatic heterocycles. The Morgan fingerprint density at radius 2 is 1.93 bits per heavy atom. The second-order valence-electron chi connectivity index (χ2n) is 6.77. The Kier molecular flexibility index (Phi) is 6.13. The van der Waals surface area contributed by atoms with Crippen LogP contribution in [0.1, 0.15) is 53.5 Å². The van der Waals surface area contributed by atoms with E-state index in [0.717, 1.165) is 11.3 Å². The number of thiophene rings is 1. The summed E-state index contributed by atoms with van der Waals surface area (Å²) in [7, 11) is -3.88. The van der Waals surface area contributed by atoms with Crippen LogP contribution in [-0.2, 0) is 14.8 Å². The Balaban J connectivity index is 2.15. The molecule has 10 heteroatoms. The van der Waals surface area contributed by atoms with E-state index in [0.29, 0.717) is 15.4 Å². The number of carbonyl (C=O) groups is 2. The van der Waals surface area contributed by atoms with E-state index < -0.39 is 27.4 Å². The molecule has 0 fully saturated rings. The highest BCUT2D eigenvalue weighted by molar-refractivity contribution is 7.89. The highest BCUT2D eigenvalue weighted by atomic mass is 32.2. The number of nitrogens with one attached hydrogen (secondary N) is 2. The quantitative estimate of drug-likeness (QED) is 0.702. The SMILES string of the molecule is CCOC(=O)c1sc(NC(=O)c2ccc(S(=O)(=O)NC(C)(C)C)o2)cc1C. The van der Waals surface area contributed by atoms with Crippen molar-refractivity contribution in [3.63, 3.8) is 0 Å². The molecule has 0 aliphatic heterocycles. The van der Waals surface area contributed by atoms with Gasteiger partial charge in [0.2, 0.25) is 5.09 Å². The van der Waals surface area contributed by atoms with Crippen LogP contribution in [0.3, 0.4) is 0 Å². The molecule has 2 rings (SSSR count). The third kappa shape index (κ3) is 5.41. The van der Waals surface area contributed by atoms with Gasteiger partial charge in [0.05, 0.1) is 11.6 Å². The van der Waals surface area contributed by atoms with Crippen LogP contribution >= 0.6 is 11.3 Å². The summed E-state index contributed by atoms with van der Waals surface area (Å²) >= 11 is 1.07. The topological polar surface area (TPSA) is 115 Å². The van der Waals surface area contributed by atoms with Crippen molar-refractivity contribution in [2.45, 2.75) is 45.2 Å². The van der Waals surface area contributed by atoms with Gasteiger partial charge in [-0.3, -0.25) is 4.79 Å². The van der Waals surface area contributed by atoms with Gasteiger partial charge in [-0.2, -0.15) is 0 Å². The second-order valence-corrected chi connectivity index (χ2v) is 9.44. The Morgan fingerprint density at radius 3 is 2.52 bits per heavy atom. The lowest BCUT2D eigenvalue weighted by atomic mass is 10.1. The average Bonchev–Trinajstić information content (AvgIpc) is 3.12. The number of amides is 1. The van der Waals surface area contributed by atoms with Gasteiger partial charge in [0.25, 0.3) is 15.9 Å². The van der Waals surface area contributed by atoms with Crippen molar-refractivity contribution in [1.82, 2.24) is 4.72 Å². The third-order valence-electron chi connectivity index (χ3n) is 3.13. The first-order valence-electron chi connectivity index (χ1n) is 8.15. The fourth-order valence-corrected chi connectivity index (χ4v) is 4.47. The standard InChI is InChI=1S/C17H22N2O6S2/c1-6-24-16(21)14-10(2)9-12(26-14)18-15(20)11-7-8-13(25-11)27(22,23)19-17(3,4)5/h7-9,19H,6H2,1-5H3,(H,18,20). The molecule has 0 aliphatic rings. The van der Waals surface area contributed by atoms with Crippen molar-refractivity contribution in [2.75, 3.05) is 11.9 Å². The molecule has 0 bridgehead atoms. The van der Waals surface area contributed by atoms with E-state index in [9.17, 15) is 18.0 Å². The first kappa shape index (κ1) is 21.1. The van der Waals surface area contributed by atoms with Crippen molar-refractivity contribution in [2.24, 2.45) is 0 Å². The predicted octanol–water partition coefficient (Wildman–Crippen LogP) is 3.16. The first-order valence-corrected chi connectivity index (χ1v) is 10.5. The maximum Gasteiger partial charge on any atom is 0.348 e. The number of rotatable bonds is 6. The molecule has 0 atom stereocenters. The molecular formula is C17H22N2O6S2. The van der Waals surface area contributed by atoms with Crippen LogP contribution in [-0.4, -0.2) is 32.4 Å². The van der Waals surface area contributed by atoms with Gasteiger partial charge in [-0.1, -0.05) is 0 Å². The fraction of sp³-hybridized carbons (Fsp3) is 0.412. The summed E-state index contributed by atoms with van der Waals surface area (Å²) in [6.45, 7) is 8.78. The zero-order valence-electron chi connectivity index (χ0n) is 15.7. The number of sulfonamides is 1. The lowest BCUT2D eigenvalue weighted by molar-refractivity contribution is 0.0531. The minimum atomic E-state index is -3.88. The molecule has 0 aromatic carbocycles. The molecule has 0 saturated heterocycles. The number of esters is 1. The predicted molar refractivity (Wildman–Crippen MR) is 102 cm³/mol. The van der Waals surface area contributed by atoms with Gasteiger partial charge in [-0.05, 0) is 58.4 Å². The van der Waals surface area contributed by atoms with E-state index in [1.54, 1.807) is 40.7 Å². The third-order valence-corrected chi connectivity index (χ3v) is 5.89. The molecule has 148 valence electrons. The highest BCUT2D eigenvalue weighted by Crippen LogP contribution is 2.28. The zero-order valence-corrected chi connectivity index (χ0v) is 17.3. The van der Waals surface area contributed by atoms with E-state index in [2.05, 4.69) is 10.0 Å². The summed E-state index contributed by atoms with van der Waals surface area (Å²) in [4.78, 5) is 24.6. The van der Waals surface area contributed by atoms with E-state index in [1.807, 2.05) is 0 Å². The van der Waals surface area contributed by atoms with Crippen molar-refractivity contribution in [3.8, 4) is 0 Å². The van der Waals surface area contributed by atoms with Gasteiger partial charge in [0.1, 0.15) is 4.88 Å². The first-order chi connectivity index (χ1) is 12.4. The van der Waals surface area contributed by atoms with Gasteiger partial charge in [0.15, 0.2) is 5.76 Å². The molecule has 2 N–H and O–H groups in total. The summed E-state index contributed by atoms with van der Waals surface area (Å²) in [6, 6.07) is 4.13. The number of anilines is 1. The molecule has 2 aromatic rings. The van der Waals surface area contributed by atoms with Crippen LogP contribution in [0.25, 0.3) is 0 Å². The molecule has 2 heterocycles. The van der Waals surface area contributed by atoms with Crippen LogP contribution in [0.4, 0.5) is 5.00 Å². The van der Waals surface area contributed by atoms with Crippen LogP contribution in [0.5, 0.6) is 0 Å². The number of ether oxygens (including phenoxy) is 1. The van der Waals surface area contributed by atoms with Gasteiger partial charge in [-0.15, -0.1) is 11.3 Å². The molecule has 1 amide bonds. The number of carbonyl (C=O) groups excluding carboxylic acids is 2. The Labute approximate surface area is 162 Å². The minimum absolute atomic E-state index is 0.159. The minimum Gasteiger partial charge on any atom is -0.462 e. The lowest BCUT2D eigenvalue weighted by Gasteiger charge is -2.18. The van der Waals surface area contributed by atoms with Crippen molar-refractivity contribution in [1.29, 1.82) is 0 Å². The maximum absolute atomic E-state index is 12.3. The summed E-state index contributed by atoms with van der Waals surface area (Å²) in [6.07, 6.45) is 0. The van der Waals surface area contributed by atoms with Crippen LogP contribution in [0, 0.1) is 6.92 Å². The van der Waals surface area contributed by atoms with Gasteiger partial charge < -0.3 is 14.5 Å². The summed E-state index contributed by atoms with van der Waals surface area (Å²) < 4.78 is 37.1. The Morgan fingerprint density at radius 1 is 1.26 bits per heavy atom. The smallest absolute Gasteiger partial charge is 0.348 e. The summed E-state index contributed by atoms with van der Waals surface area (Å²) in [5, 5.41) is 2.67. The zero-order chi connectivity index (χ0) is 20.4. The lowest BCUT2D eigenvalue weighted by Crippen LogP contribution is -2.40. The largest absolute Gasteiger partial charge is 0.462 e. The van der Waals surface area contributed by atoms with Crippen LogP contribution in [0.15, 0.2) is 27.7 Å². The molecule has 0 radical (unpaired) electrons. The molecule has 0 saturated carbocycles.